The third-order valence-electron chi connectivity index (χ3n) is 2.63. The summed E-state index contributed by atoms with van der Waals surface area (Å²) < 4.78 is 2.84. The molecule has 96 valence electrons. The van der Waals surface area contributed by atoms with E-state index in [1.807, 2.05) is 30.3 Å². The molecule has 0 spiro atoms. The van der Waals surface area contributed by atoms with Gasteiger partial charge in [0.15, 0.2) is 0 Å². The van der Waals surface area contributed by atoms with Crippen LogP contribution < -0.4 is 0 Å². The molecule has 0 fully saturated rings. The summed E-state index contributed by atoms with van der Waals surface area (Å²) in [6.45, 7) is 0. The number of hydrogen-bond donors (Lipinski definition) is 1. The number of aromatic nitrogens is 1. The topological polar surface area (TPSA) is 33.1 Å². The van der Waals surface area contributed by atoms with E-state index in [4.69, 9.17) is 11.6 Å². The number of rotatable bonds is 1. The summed E-state index contributed by atoms with van der Waals surface area (Å²) in [5.74, 6) is 0.274. The first-order chi connectivity index (χ1) is 9.06. The second-order valence-electron chi connectivity index (χ2n) is 3.89. The Kier molecular flexibility index (Phi) is 3.89. The van der Waals surface area contributed by atoms with Gasteiger partial charge in [0.2, 0.25) is 0 Å². The fraction of sp³-hybridized carbons (Fsp3) is 0. The molecular formula is C13H6ClI2NOS. The van der Waals surface area contributed by atoms with E-state index >= 15 is 0 Å². The summed E-state index contributed by atoms with van der Waals surface area (Å²) in [5, 5.41) is 11.7. The van der Waals surface area contributed by atoms with Crippen LogP contribution in [0, 0.1) is 7.14 Å². The highest BCUT2D eigenvalue weighted by Gasteiger charge is 2.14. The molecular weight excluding hydrogens is 507 g/mol. The molecule has 0 saturated heterocycles. The van der Waals surface area contributed by atoms with Gasteiger partial charge in [0.25, 0.3) is 0 Å². The Balaban J connectivity index is 2.28. The second-order valence-corrected chi connectivity index (χ2v) is 7.70. The third-order valence-corrected chi connectivity index (χ3v) is 5.64. The number of halogens is 3. The van der Waals surface area contributed by atoms with E-state index in [0.29, 0.717) is 5.02 Å². The van der Waals surface area contributed by atoms with Crippen molar-refractivity contribution in [1.29, 1.82) is 0 Å². The molecule has 2 aromatic carbocycles. The lowest BCUT2D eigenvalue weighted by molar-refractivity contribution is 0.473. The average molecular weight is 514 g/mol. The van der Waals surface area contributed by atoms with Crippen LogP contribution >= 0.6 is 68.1 Å². The van der Waals surface area contributed by atoms with Crippen LogP contribution in [0.1, 0.15) is 0 Å². The van der Waals surface area contributed by atoms with E-state index in [1.54, 1.807) is 0 Å². The van der Waals surface area contributed by atoms with Gasteiger partial charge in [-0.3, -0.25) is 0 Å². The highest BCUT2D eigenvalue weighted by Crippen LogP contribution is 2.40. The maximum atomic E-state index is 10.2. The molecule has 19 heavy (non-hydrogen) atoms. The summed E-state index contributed by atoms with van der Waals surface area (Å²) in [6, 6.07) is 9.53. The van der Waals surface area contributed by atoms with E-state index in [-0.39, 0.29) is 5.75 Å². The Hall–Kier alpha value is -0.120. The van der Waals surface area contributed by atoms with Crippen LogP contribution in [0.15, 0.2) is 30.3 Å². The Morgan fingerprint density at radius 3 is 2.74 bits per heavy atom. The normalized spacial score (nSPS) is 11.1. The van der Waals surface area contributed by atoms with E-state index < -0.39 is 0 Å². The molecule has 0 radical (unpaired) electrons. The monoisotopic (exact) mass is 513 g/mol. The molecule has 0 bridgehead atoms. The van der Waals surface area contributed by atoms with Gasteiger partial charge >= 0.3 is 0 Å². The fourth-order valence-electron chi connectivity index (χ4n) is 1.76. The zero-order chi connectivity index (χ0) is 13.6. The molecule has 0 unspecified atom stereocenters. The molecule has 3 rings (SSSR count). The standard InChI is InChI=1S/C13H6ClI2NOS/c14-8-2-1-3-10-12(8)19-13(17-10)7-4-6(15)5-9(16)11(7)18/h1-5,18H. The van der Waals surface area contributed by atoms with Crippen LogP contribution in [0.2, 0.25) is 5.02 Å². The third kappa shape index (κ3) is 2.57. The van der Waals surface area contributed by atoms with Crippen LogP contribution in [0.5, 0.6) is 5.75 Å². The van der Waals surface area contributed by atoms with E-state index in [0.717, 1.165) is 27.9 Å². The molecule has 3 aromatic rings. The number of nitrogens with zero attached hydrogens (tertiary/aromatic N) is 1. The molecule has 2 nitrogen and oxygen atoms in total. The quantitative estimate of drug-likeness (QED) is 0.434. The van der Waals surface area contributed by atoms with Crippen molar-refractivity contribution in [2.45, 2.75) is 0 Å². The van der Waals surface area contributed by atoms with Crippen molar-refractivity contribution in [3.8, 4) is 16.3 Å². The number of thiazole rings is 1. The zero-order valence-electron chi connectivity index (χ0n) is 9.32. The first kappa shape index (κ1) is 13.8. The average Bonchev–Trinajstić information content (AvgIpc) is 2.79. The minimum absolute atomic E-state index is 0.274. The predicted octanol–water partition coefficient (Wildman–Crippen LogP) is 5.53. The maximum absolute atomic E-state index is 10.2. The number of phenols is 1. The summed E-state index contributed by atoms with van der Waals surface area (Å²) in [6.07, 6.45) is 0. The lowest BCUT2D eigenvalue weighted by Crippen LogP contribution is -1.84. The van der Waals surface area contributed by atoms with Crippen molar-refractivity contribution >= 4 is 78.3 Å². The Bertz CT molecular complexity index is 788. The molecule has 1 N–H and O–H groups in total. The molecule has 0 atom stereocenters. The van der Waals surface area contributed by atoms with Crippen molar-refractivity contribution in [2.24, 2.45) is 0 Å². The first-order valence-corrected chi connectivity index (χ1v) is 8.65. The van der Waals surface area contributed by atoms with Crippen LogP contribution in [0.3, 0.4) is 0 Å². The van der Waals surface area contributed by atoms with Crippen molar-refractivity contribution in [1.82, 2.24) is 4.98 Å². The van der Waals surface area contributed by atoms with Crippen molar-refractivity contribution in [2.75, 3.05) is 0 Å². The minimum Gasteiger partial charge on any atom is -0.506 e. The van der Waals surface area contributed by atoms with Crippen molar-refractivity contribution < 1.29 is 5.11 Å². The highest BCUT2D eigenvalue weighted by atomic mass is 127. The number of hydrogen-bond acceptors (Lipinski definition) is 3. The maximum Gasteiger partial charge on any atom is 0.139 e. The summed E-state index contributed by atoms with van der Waals surface area (Å²) >= 11 is 12.0. The number of fused-ring (bicyclic) bond motifs is 1. The zero-order valence-corrected chi connectivity index (χ0v) is 15.2. The SMILES string of the molecule is Oc1c(I)cc(I)cc1-c1nc2cccc(Cl)c2s1. The predicted molar refractivity (Wildman–Crippen MR) is 97.2 cm³/mol. The molecule has 1 heterocycles. The highest BCUT2D eigenvalue weighted by molar-refractivity contribution is 14.1. The second kappa shape index (κ2) is 5.34. The lowest BCUT2D eigenvalue weighted by Gasteiger charge is -2.04. The number of phenolic OH excluding ortho intramolecular Hbond substituents is 1. The van der Waals surface area contributed by atoms with Gasteiger partial charge in [-0.25, -0.2) is 4.98 Å². The lowest BCUT2D eigenvalue weighted by atomic mass is 10.2. The van der Waals surface area contributed by atoms with Gasteiger partial charge in [-0.2, -0.15) is 0 Å². The van der Waals surface area contributed by atoms with Gasteiger partial charge in [-0.05, 0) is 69.4 Å². The molecule has 0 aliphatic heterocycles. The van der Waals surface area contributed by atoms with Crippen molar-refractivity contribution in [3.63, 3.8) is 0 Å². The molecule has 0 saturated carbocycles. The Labute approximate surface area is 146 Å². The Morgan fingerprint density at radius 1 is 1.21 bits per heavy atom. The smallest absolute Gasteiger partial charge is 0.139 e. The fourth-order valence-corrected chi connectivity index (χ4v) is 4.88. The van der Waals surface area contributed by atoms with E-state index in [2.05, 4.69) is 50.2 Å². The largest absolute Gasteiger partial charge is 0.506 e. The van der Waals surface area contributed by atoms with Gasteiger partial charge in [0.05, 0.1) is 24.4 Å². The van der Waals surface area contributed by atoms with Gasteiger partial charge in [0, 0.05) is 3.57 Å². The van der Waals surface area contributed by atoms with Gasteiger partial charge in [-0.15, -0.1) is 11.3 Å². The van der Waals surface area contributed by atoms with Crippen molar-refractivity contribution in [3.05, 3.63) is 42.5 Å². The van der Waals surface area contributed by atoms with Crippen LogP contribution in [-0.4, -0.2) is 10.1 Å². The Morgan fingerprint density at radius 2 is 2.00 bits per heavy atom. The summed E-state index contributed by atoms with van der Waals surface area (Å²) in [5.41, 5.74) is 1.62. The van der Waals surface area contributed by atoms with Crippen LogP contribution in [0.25, 0.3) is 20.8 Å². The molecule has 0 aliphatic rings. The molecule has 1 aromatic heterocycles. The van der Waals surface area contributed by atoms with Crippen LogP contribution in [0.4, 0.5) is 0 Å². The summed E-state index contributed by atoms with van der Waals surface area (Å²) in [7, 11) is 0. The van der Waals surface area contributed by atoms with Gasteiger partial charge < -0.3 is 5.11 Å². The molecule has 6 heteroatoms. The van der Waals surface area contributed by atoms with E-state index in [9.17, 15) is 5.11 Å². The first-order valence-electron chi connectivity index (χ1n) is 5.29. The summed E-state index contributed by atoms with van der Waals surface area (Å²) in [4.78, 5) is 4.55. The molecule has 0 aliphatic carbocycles. The molecule has 0 amide bonds. The van der Waals surface area contributed by atoms with Crippen LogP contribution in [-0.2, 0) is 0 Å². The van der Waals surface area contributed by atoms with Gasteiger partial charge in [0.1, 0.15) is 10.8 Å². The van der Waals surface area contributed by atoms with E-state index in [1.165, 1.54) is 11.3 Å². The van der Waals surface area contributed by atoms with Gasteiger partial charge in [-0.1, -0.05) is 17.7 Å². The minimum atomic E-state index is 0.274. The number of benzene rings is 2. The number of aromatic hydroxyl groups is 1.